The summed E-state index contributed by atoms with van der Waals surface area (Å²) in [5.74, 6) is 0. The molecule has 0 radical (unpaired) electrons. The van der Waals surface area contributed by atoms with Crippen LogP contribution in [0.1, 0.15) is 40.0 Å². The number of hydrogen-bond donors (Lipinski definition) is 1. The van der Waals surface area contributed by atoms with Gasteiger partial charge >= 0.3 is 0 Å². The van der Waals surface area contributed by atoms with Gasteiger partial charge in [0.2, 0.25) is 0 Å². The molecule has 0 bridgehead atoms. The molecular weight excluding hydrogens is 188 g/mol. The monoisotopic (exact) mass is 214 g/mol. The Kier molecular flexibility index (Phi) is 5.03. The van der Waals surface area contributed by atoms with Gasteiger partial charge in [0, 0.05) is 31.8 Å². The predicted molar refractivity (Wildman–Crippen MR) is 64.0 cm³/mol. The molecule has 0 aromatic carbocycles. The fourth-order valence-corrected chi connectivity index (χ4v) is 2.09. The first-order valence-electron chi connectivity index (χ1n) is 6.20. The molecule has 1 aliphatic heterocycles. The zero-order chi connectivity index (χ0) is 11.3. The molecule has 1 unspecified atom stereocenters. The van der Waals surface area contributed by atoms with E-state index in [0.29, 0.717) is 6.10 Å². The highest BCUT2D eigenvalue weighted by Gasteiger charge is 2.24. The Balaban J connectivity index is 2.25. The van der Waals surface area contributed by atoms with E-state index in [-0.39, 0.29) is 5.54 Å². The zero-order valence-electron chi connectivity index (χ0n) is 10.5. The molecule has 90 valence electrons. The quantitative estimate of drug-likeness (QED) is 0.755. The van der Waals surface area contributed by atoms with Crippen LogP contribution in [0.15, 0.2) is 0 Å². The Hall–Kier alpha value is -0.120. The van der Waals surface area contributed by atoms with E-state index in [1.807, 2.05) is 0 Å². The molecule has 0 aliphatic carbocycles. The second-order valence-electron chi connectivity index (χ2n) is 4.94. The number of rotatable bonds is 5. The first-order valence-corrected chi connectivity index (χ1v) is 6.20. The molecular formula is C12H26N2O. The first-order chi connectivity index (χ1) is 7.07. The summed E-state index contributed by atoms with van der Waals surface area (Å²) in [6.45, 7) is 10.5. The number of hydrogen-bond acceptors (Lipinski definition) is 3. The minimum Gasteiger partial charge on any atom is -0.378 e. The Morgan fingerprint density at radius 1 is 1.33 bits per heavy atom. The highest BCUT2D eigenvalue weighted by atomic mass is 16.5. The van der Waals surface area contributed by atoms with E-state index in [1.54, 1.807) is 0 Å². The van der Waals surface area contributed by atoms with E-state index in [9.17, 15) is 0 Å². The summed E-state index contributed by atoms with van der Waals surface area (Å²) in [5.41, 5.74) is 6.14. The maximum Gasteiger partial charge on any atom is 0.0599 e. The lowest BCUT2D eigenvalue weighted by molar-refractivity contribution is 0.0101. The maximum absolute atomic E-state index is 6.17. The molecule has 0 aromatic heterocycles. The molecule has 3 nitrogen and oxygen atoms in total. The Bertz CT molecular complexity index is 174. The van der Waals surface area contributed by atoms with Gasteiger partial charge in [0.05, 0.1) is 6.10 Å². The van der Waals surface area contributed by atoms with E-state index in [2.05, 4.69) is 25.7 Å². The normalized spacial score (nSPS) is 24.0. The van der Waals surface area contributed by atoms with Crippen LogP contribution in [0, 0.1) is 0 Å². The second kappa shape index (κ2) is 5.83. The average molecular weight is 214 g/mol. The lowest BCUT2D eigenvalue weighted by Gasteiger charge is -2.36. The van der Waals surface area contributed by atoms with Gasteiger partial charge in [0.15, 0.2) is 0 Å². The van der Waals surface area contributed by atoms with Crippen LogP contribution in [0.25, 0.3) is 0 Å². The maximum atomic E-state index is 6.17. The van der Waals surface area contributed by atoms with Crippen molar-refractivity contribution in [2.75, 3.05) is 26.2 Å². The largest absolute Gasteiger partial charge is 0.378 e. The number of nitrogens with zero attached hydrogens (tertiary/aromatic N) is 1. The summed E-state index contributed by atoms with van der Waals surface area (Å²) in [4.78, 5) is 2.47. The van der Waals surface area contributed by atoms with E-state index in [0.717, 1.165) is 45.5 Å². The summed E-state index contributed by atoms with van der Waals surface area (Å²) in [6, 6.07) is 0. The molecule has 0 spiro atoms. The SMILES string of the molecule is CCOC1CCN(CC(C)(N)CC)CC1. The topological polar surface area (TPSA) is 38.5 Å². The molecule has 1 heterocycles. The lowest BCUT2D eigenvalue weighted by atomic mass is 9.98. The molecule has 3 heteroatoms. The highest BCUT2D eigenvalue weighted by molar-refractivity contribution is 4.83. The van der Waals surface area contributed by atoms with Crippen molar-refractivity contribution in [1.82, 2.24) is 4.90 Å². The number of likely N-dealkylation sites (tertiary alicyclic amines) is 1. The molecule has 1 saturated heterocycles. The molecule has 0 amide bonds. The van der Waals surface area contributed by atoms with Gasteiger partial charge in [-0.1, -0.05) is 6.92 Å². The summed E-state index contributed by atoms with van der Waals surface area (Å²) >= 11 is 0. The van der Waals surface area contributed by atoms with Crippen molar-refractivity contribution in [2.45, 2.75) is 51.7 Å². The van der Waals surface area contributed by atoms with Gasteiger partial charge in [-0.3, -0.25) is 0 Å². The van der Waals surface area contributed by atoms with Crippen molar-refractivity contribution in [3.05, 3.63) is 0 Å². The molecule has 0 aromatic rings. The van der Waals surface area contributed by atoms with Gasteiger partial charge in [-0.25, -0.2) is 0 Å². The third kappa shape index (κ3) is 4.49. The molecule has 1 atom stereocenters. The van der Waals surface area contributed by atoms with Crippen molar-refractivity contribution in [3.8, 4) is 0 Å². The molecule has 1 fully saturated rings. The number of piperidine rings is 1. The van der Waals surface area contributed by atoms with Crippen molar-refractivity contribution in [2.24, 2.45) is 5.73 Å². The minimum atomic E-state index is -0.0293. The number of ether oxygens (including phenoxy) is 1. The van der Waals surface area contributed by atoms with Crippen LogP contribution >= 0.6 is 0 Å². The van der Waals surface area contributed by atoms with Gasteiger partial charge in [-0.05, 0) is 33.1 Å². The average Bonchev–Trinajstić information content (AvgIpc) is 2.21. The minimum absolute atomic E-state index is 0.0293. The zero-order valence-corrected chi connectivity index (χ0v) is 10.5. The summed E-state index contributed by atoms with van der Waals surface area (Å²) in [7, 11) is 0. The first kappa shape index (κ1) is 12.9. The van der Waals surface area contributed by atoms with E-state index >= 15 is 0 Å². The smallest absolute Gasteiger partial charge is 0.0599 e. The van der Waals surface area contributed by atoms with Crippen LogP contribution in [0.2, 0.25) is 0 Å². The number of nitrogens with two attached hydrogens (primary N) is 1. The van der Waals surface area contributed by atoms with Gasteiger partial charge in [-0.2, -0.15) is 0 Å². The van der Waals surface area contributed by atoms with Gasteiger partial charge in [0.1, 0.15) is 0 Å². The van der Waals surface area contributed by atoms with Gasteiger partial charge in [-0.15, -0.1) is 0 Å². The molecule has 15 heavy (non-hydrogen) atoms. The molecule has 1 rings (SSSR count). The van der Waals surface area contributed by atoms with Crippen LogP contribution in [0.3, 0.4) is 0 Å². The third-order valence-electron chi connectivity index (χ3n) is 3.33. The van der Waals surface area contributed by atoms with E-state index in [4.69, 9.17) is 10.5 Å². The van der Waals surface area contributed by atoms with Crippen LogP contribution < -0.4 is 5.73 Å². The van der Waals surface area contributed by atoms with E-state index < -0.39 is 0 Å². The van der Waals surface area contributed by atoms with Gasteiger partial charge in [0.25, 0.3) is 0 Å². The van der Waals surface area contributed by atoms with E-state index in [1.165, 1.54) is 0 Å². The lowest BCUT2D eigenvalue weighted by Crippen LogP contribution is -2.50. The standard InChI is InChI=1S/C12H26N2O/c1-4-12(3,13)10-14-8-6-11(7-9-14)15-5-2/h11H,4-10,13H2,1-3H3. The predicted octanol–water partition coefficient (Wildman–Crippen LogP) is 1.61. The molecule has 0 saturated carbocycles. The Morgan fingerprint density at radius 2 is 1.93 bits per heavy atom. The fraction of sp³-hybridized carbons (Fsp3) is 1.00. The van der Waals surface area contributed by atoms with Crippen LogP contribution in [-0.2, 0) is 4.74 Å². The van der Waals surface area contributed by atoms with Crippen molar-refractivity contribution < 1.29 is 4.74 Å². The van der Waals surface area contributed by atoms with Crippen molar-refractivity contribution >= 4 is 0 Å². The van der Waals surface area contributed by atoms with Gasteiger partial charge < -0.3 is 15.4 Å². The fourth-order valence-electron chi connectivity index (χ4n) is 2.09. The van der Waals surface area contributed by atoms with Crippen molar-refractivity contribution in [3.63, 3.8) is 0 Å². The van der Waals surface area contributed by atoms with Crippen LogP contribution in [0.4, 0.5) is 0 Å². The van der Waals surface area contributed by atoms with Crippen LogP contribution in [-0.4, -0.2) is 42.8 Å². The Morgan fingerprint density at radius 3 is 2.40 bits per heavy atom. The summed E-state index contributed by atoms with van der Waals surface area (Å²) < 4.78 is 5.63. The van der Waals surface area contributed by atoms with Crippen molar-refractivity contribution in [1.29, 1.82) is 0 Å². The molecule has 2 N–H and O–H groups in total. The summed E-state index contributed by atoms with van der Waals surface area (Å²) in [5, 5.41) is 0. The molecule has 1 aliphatic rings. The third-order valence-corrected chi connectivity index (χ3v) is 3.33. The second-order valence-corrected chi connectivity index (χ2v) is 4.94. The van der Waals surface area contributed by atoms with Crippen LogP contribution in [0.5, 0.6) is 0 Å². The Labute approximate surface area is 94.0 Å². The summed E-state index contributed by atoms with van der Waals surface area (Å²) in [6.07, 6.45) is 3.84. The highest BCUT2D eigenvalue weighted by Crippen LogP contribution is 2.16.